The maximum Gasteiger partial charge on any atom is 0.265 e. The maximum absolute atomic E-state index is 13.3. The molecule has 4 aromatic carbocycles. The second-order valence-corrected chi connectivity index (χ2v) is 11.8. The number of benzene rings is 4. The first-order valence-corrected chi connectivity index (χ1v) is 15.5. The lowest BCUT2D eigenvalue weighted by molar-refractivity contribution is -0.128. The third-order valence-corrected chi connectivity index (χ3v) is 8.61. The van der Waals surface area contributed by atoms with Crippen LogP contribution in [0.15, 0.2) is 114 Å². The van der Waals surface area contributed by atoms with E-state index in [4.69, 9.17) is 9.47 Å². The van der Waals surface area contributed by atoms with Gasteiger partial charge in [0.05, 0.1) is 17.1 Å². The van der Waals surface area contributed by atoms with Crippen LogP contribution < -0.4 is 24.4 Å². The van der Waals surface area contributed by atoms with E-state index in [1.165, 1.54) is 29.2 Å². The number of carbonyl (C=O) groups is 2. The molecule has 0 saturated heterocycles. The van der Waals surface area contributed by atoms with Gasteiger partial charge in [0.1, 0.15) is 11.5 Å². The molecule has 0 unspecified atom stereocenters. The molecular formula is C33H33N3O6S. The topological polar surface area (TPSA) is 114 Å². The highest BCUT2D eigenvalue weighted by atomic mass is 32.2. The van der Waals surface area contributed by atoms with Gasteiger partial charge in [0.15, 0.2) is 12.7 Å². The molecule has 1 heterocycles. The van der Waals surface area contributed by atoms with Gasteiger partial charge in [-0.1, -0.05) is 72.8 Å². The number of ether oxygens (including phenoxy) is 2. The molecule has 2 N–H and O–H groups in total. The monoisotopic (exact) mass is 599 g/mol. The molecule has 0 radical (unpaired) electrons. The summed E-state index contributed by atoms with van der Waals surface area (Å²) in [6.45, 7) is 1.93. The van der Waals surface area contributed by atoms with Gasteiger partial charge in [-0.05, 0) is 60.9 Å². The number of nitrogens with one attached hydrogen (secondary N) is 2. The molecule has 43 heavy (non-hydrogen) atoms. The van der Waals surface area contributed by atoms with Crippen molar-refractivity contribution in [1.29, 1.82) is 0 Å². The molecule has 0 spiro atoms. The number of anilines is 1. The Hall–Kier alpha value is -4.67. The number of sulfonamides is 1. The largest absolute Gasteiger partial charge is 0.484 e. The van der Waals surface area contributed by atoms with Gasteiger partial charge >= 0.3 is 0 Å². The zero-order valence-corrected chi connectivity index (χ0v) is 24.5. The second kappa shape index (κ2) is 13.5. The van der Waals surface area contributed by atoms with Gasteiger partial charge in [-0.3, -0.25) is 9.59 Å². The van der Waals surface area contributed by atoms with Crippen LogP contribution in [0, 0.1) is 0 Å². The molecule has 1 aliphatic heterocycles. The lowest BCUT2D eigenvalue weighted by Crippen LogP contribution is -2.52. The first kappa shape index (κ1) is 29.8. The lowest BCUT2D eigenvalue weighted by atomic mass is 10.1. The van der Waals surface area contributed by atoms with Gasteiger partial charge in [0.2, 0.25) is 10.0 Å². The van der Waals surface area contributed by atoms with E-state index in [0.717, 1.165) is 11.1 Å². The van der Waals surface area contributed by atoms with Crippen LogP contribution in [0.2, 0.25) is 0 Å². The van der Waals surface area contributed by atoms with Crippen LogP contribution in [0.4, 0.5) is 5.69 Å². The Kier molecular flexibility index (Phi) is 9.38. The van der Waals surface area contributed by atoms with Crippen molar-refractivity contribution in [2.75, 3.05) is 24.6 Å². The third-order valence-electron chi connectivity index (χ3n) is 7.05. The highest BCUT2D eigenvalue weighted by Crippen LogP contribution is 2.33. The van der Waals surface area contributed by atoms with E-state index >= 15 is 0 Å². The van der Waals surface area contributed by atoms with Crippen LogP contribution in [-0.2, 0) is 26.0 Å². The molecule has 0 aliphatic carbocycles. The van der Waals surface area contributed by atoms with Crippen LogP contribution in [0.3, 0.4) is 0 Å². The highest BCUT2D eigenvalue weighted by Gasteiger charge is 2.33. The average molecular weight is 600 g/mol. The van der Waals surface area contributed by atoms with Gasteiger partial charge in [-0.25, -0.2) is 13.1 Å². The summed E-state index contributed by atoms with van der Waals surface area (Å²) in [4.78, 5) is 27.8. The first-order valence-electron chi connectivity index (χ1n) is 14.0. The molecule has 10 heteroatoms. The number of rotatable bonds is 11. The predicted octanol–water partition coefficient (Wildman–Crippen LogP) is 4.26. The molecule has 0 fully saturated rings. The van der Waals surface area contributed by atoms with Gasteiger partial charge in [-0.15, -0.1) is 0 Å². The molecular weight excluding hydrogens is 566 g/mol. The molecule has 0 aromatic heterocycles. The van der Waals surface area contributed by atoms with E-state index in [0.29, 0.717) is 30.2 Å². The molecule has 9 nitrogen and oxygen atoms in total. The minimum absolute atomic E-state index is 0.0266. The highest BCUT2D eigenvalue weighted by molar-refractivity contribution is 7.89. The predicted molar refractivity (Wildman–Crippen MR) is 163 cm³/mol. The van der Waals surface area contributed by atoms with Gasteiger partial charge in [-0.2, -0.15) is 0 Å². The molecule has 2 atom stereocenters. The second-order valence-electron chi connectivity index (χ2n) is 10.1. The quantitative estimate of drug-likeness (QED) is 0.266. The number of para-hydroxylation sites is 2. The van der Waals surface area contributed by atoms with E-state index in [-0.39, 0.29) is 29.9 Å². The van der Waals surface area contributed by atoms with Crippen molar-refractivity contribution < 1.29 is 27.5 Å². The SMILES string of the molecule is C[C@@H](NS(=O)(=O)c1ccc(OCC(=O)N2C[C@@H](C(=O)NCCc3ccccc3)Oc3ccccc32)cc1)c1ccccc1. The maximum atomic E-state index is 13.3. The van der Waals surface area contributed by atoms with Crippen LogP contribution in [0.25, 0.3) is 0 Å². The summed E-state index contributed by atoms with van der Waals surface area (Å²) in [5.74, 6) is 0.0845. The Morgan fingerprint density at radius 3 is 2.28 bits per heavy atom. The minimum atomic E-state index is -3.78. The molecule has 0 saturated carbocycles. The van der Waals surface area contributed by atoms with Crippen molar-refractivity contribution in [3.63, 3.8) is 0 Å². The smallest absolute Gasteiger partial charge is 0.265 e. The Balaban J connectivity index is 1.18. The standard InChI is InChI=1S/C33H33N3O6S/c1-24(26-12-6-3-7-13-26)35-43(39,40)28-18-16-27(17-19-28)41-23-32(37)36-22-31(42-30-15-9-8-14-29(30)36)33(38)34-21-20-25-10-4-2-5-11-25/h2-19,24,31,35H,20-23H2,1H3,(H,34,38)/t24-,31+/m1/s1. The van der Waals surface area contributed by atoms with Crippen LogP contribution in [0.5, 0.6) is 11.5 Å². The molecule has 0 bridgehead atoms. The first-order chi connectivity index (χ1) is 20.8. The van der Waals surface area contributed by atoms with Crippen molar-refractivity contribution in [1.82, 2.24) is 10.0 Å². The van der Waals surface area contributed by atoms with E-state index < -0.39 is 22.2 Å². The minimum Gasteiger partial charge on any atom is -0.484 e. The molecule has 4 aromatic rings. The summed E-state index contributed by atoms with van der Waals surface area (Å²) in [6, 6.07) is 31.6. The van der Waals surface area contributed by atoms with Gasteiger partial charge in [0, 0.05) is 12.6 Å². The number of amides is 2. The van der Waals surface area contributed by atoms with Crippen molar-refractivity contribution in [2.45, 2.75) is 30.4 Å². The Bertz CT molecular complexity index is 1650. The van der Waals surface area contributed by atoms with E-state index in [2.05, 4.69) is 10.0 Å². The number of fused-ring (bicyclic) bond motifs is 1. The van der Waals surface area contributed by atoms with Crippen LogP contribution in [0.1, 0.15) is 24.1 Å². The Morgan fingerprint density at radius 2 is 1.56 bits per heavy atom. The summed E-state index contributed by atoms with van der Waals surface area (Å²) < 4.78 is 40.1. The van der Waals surface area contributed by atoms with E-state index in [1.54, 1.807) is 31.2 Å². The third kappa shape index (κ3) is 7.59. The molecule has 5 rings (SSSR count). The van der Waals surface area contributed by atoms with Crippen LogP contribution >= 0.6 is 0 Å². The normalized spacial score (nSPS) is 15.1. The summed E-state index contributed by atoms with van der Waals surface area (Å²) in [5.41, 5.74) is 2.50. The summed E-state index contributed by atoms with van der Waals surface area (Å²) in [7, 11) is -3.78. The van der Waals surface area contributed by atoms with E-state index in [9.17, 15) is 18.0 Å². The summed E-state index contributed by atoms with van der Waals surface area (Å²) >= 11 is 0. The lowest BCUT2D eigenvalue weighted by Gasteiger charge is -2.34. The zero-order valence-electron chi connectivity index (χ0n) is 23.7. The fourth-order valence-corrected chi connectivity index (χ4v) is 5.98. The van der Waals surface area contributed by atoms with Gasteiger partial charge in [0.25, 0.3) is 11.8 Å². The van der Waals surface area contributed by atoms with Gasteiger partial charge < -0.3 is 19.7 Å². The number of carbonyl (C=O) groups excluding carboxylic acids is 2. The fourth-order valence-electron chi connectivity index (χ4n) is 4.74. The van der Waals surface area contributed by atoms with Crippen LogP contribution in [-0.4, -0.2) is 46.0 Å². The zero-order chi connectivity index (χ0) is 30.2. The Morgan fingerprint density at radius 1 is 0.907 bits per heavy atom. The van der Waals surface area contributed by atoms with Crippen molar-refractivity contribution in [3.8, 4) is 11.5 Å². The fraction of sp³-hybridized carbons (Fsp3) is 0.212. The number of nitrogens with zero attached hydrogens (tertiary/aromatic N) is 1. The van der Waals surface area contributed by atoms with Crippen molar-refractivity contribution in [2.24, 2.45) is 0 Å². The van der Waals surface area contributed by atoms with Crippen molar-refractivity contribution >= 4 is 27.5 Å². The molecule has 2 amide bonds. The van der Waals surface area contributed by atoms with Crippen molar-refractivity contribution in [3.05, 3.63) is 120 Å². The Labute approximate surface area is 251 Å². The summed E-state index contributed by atoms with van der Waals surface area (Å²) in [6.07, 6.45) is -0.209. The summed E-state index contributed by atoms with van der Waals surface area (Å²) in [5, 5.41) is 2.90. The average Bonchev–Trinajstić information content (AvgIpc) is 3.04. The number of hydrogen-bond acceptors (Lipinski definition) is 6. The molecule has 1 aliphatic rings. The van der Waals surface area contributed by atoms with E-state index in [1.807, 2.05) is 60.7 Å². The number of hydrogen-bond donors (Lipinski definition) is 2. The molecule has 222 valence electrons.